The van der Waals surface area contributed by atoms with Gasteiger partial charge in [0.05, 0.1) is 0 Å². The van der Waals surface area contributed by atoms with Crippen molar-refractivity contribution < 1.29 is 9.50 Å². The number of hydrogen-bond acceptors (Lipinski definition) is 1. The number of rotatable bonds is 2. The zero-order valence-electron chi connectivity index (χ0n) is 10.9. The molecule has 0 saturated carbocycles. The zero-order chi connectivity index (χ0) is 13.3. The Morgan fingerprint density at radius 2 is 1.61 bits per heavy atom. The molecular formula is C16H17FO. The maximum atomic E-state index is 13.4. The minimum atomic E-state index is -1.18. The molecule has 0 aliphatic rings. The van der Waals surface area contributed by atoms with Gasteiger partial charge in [-0.2, -0.15) is 0 Å². The van der Waals surface area contributed by atoms with Crippen LogP contribution in [-0.4, -0.2) is 5.11 Å². The van der Waals surface area contributed by atoms with E-state index in [9.17, 15) is 9.50 Å². The summed E-state index contributed by atoms with van der Waals surface area (Å²) in [7, 11) is 0. The summed E-state index contributed by atoms with van der Waals surface area (Å²) >= 11 is 0. The average molecular weight is 244 g/mol. The van der Waals surface area contributed by atoms with Gasteiger partial charge in [0.2, 0.25) is 0 Å². The Kier molecular flexibility index (Phi) is 3.22. The summed E-state index contributed by atoms with van der Waals surface area (Å²) in [5.74, 6) is -0.321. The van der Waals surface area contributed by atoms with Gasteiger partial charge in [-0.15, -0.1) is 0 Å². The number of aliphatic hydroxyl groups is 1. The highest BCUT2D eigenvalue weighted by atomic mass is 19.1. The standard InChI is InChI=1S/C16H17FO/c1-11-5-4-6-13(7-11)16(3,18)14-8-12(2)9-15(17)10-14/h4-10,18H,1-3H3. The van der Waals surface area contributed by atoms with Crippen molar-refractivity contribution in [2.75, 3.05) is 0 Å². The van der Waals surface area contributed by atoms with Gasteiger partial charge >= 0.3 is 0 Å². The molecule has 0 fully saturated rings. The van der Waals surface area contributed by atoms with Gasteiger partial charge in [0.15, 0.2) is 0 Å². The molecule has 94 valence electrons. The van der Waals surface area contributed by atoms with Crippen LogP contribution in [0.5, 0.6) is 0 Å². The third kappa shape index (κ3) is 2.44. The molecule has 1 nitrogen and oxygen atoms in total. The van der Waals surface area contributed by atoms with Crippen molar-refractivity contribution in [2.45, 2.75) is 26.4 Å². The smallest absolute Gasteiger partial charge is 0.123 e. The van der Waals surface area contributed by atoms with Crippen LogP contribution in [0.3, 0.4) is 0 Å². The Morgan fingerprint density at radius 1 is 0.944 bits per heavy atom. The number of aryl methyl sites for hydroxylation is 2. The number of benzene rings is 2. The van der Waals surface area contributed by atoms with E-state index in [1.54, 1.807) is 6.92 Å². The molecule has 0 bridgehead atoms. The van der Waals surface area contributed by atoms with Crippen molar-refractivity contribution in [3.63, 3.8) is 0 Å². The van der Waals surface area contributed by atoms with Crippen LogP contribution in [0.4, 0.5) is 4.39 Å². The predicted octanol–water partition coefficient (Wildman–Crippen LogP) is 3.70. The van der Waals surface area contributed by atoms with E-state index < -0.39 is 5.60 Å². The van der Waals surface area contributed by atoms with Gasteiger partial charge in [-0.1, -0.05) is 35.9 Å². The molecule has 2 aromatic rings. The van der Waals surface area contributed by atoms with Crippen LogP contribution in [0, 0.1) is 19.7 Å². The van der Waals surface area contributed by atoms with Gasteiger partial charge in [-0.05, 0) is 49.6 Å². The van der Waals surface area contributed by atoms with Crippen molar-refractivity contribution in [1.82, 2.24) is 0 Å². The third-order valence-corrected chi connectivity index (χ3v) is 3.18. The lowest BCUT2D eigenvalue weighted by atomic mass is 9.87. The summed E-state index contributed by atoms with van der Waals surface area (Å²) in [5, 5.41) is 10.7. The highest BCUT2D eigenvalue weighted by Gasteiger charge is 2.26. The van der Waals surface area contributed by atoms with E-state index >= 15 is 0 Å². The molecule has 0 heterocycles. The number of hydrogen-bond donors (Lipinski definition) is 1. The normalized spacial score (nSPS) is 14.3. The van der Waals surface area contributed by atoms with E-state index in [0.717, 1.165) is 16.7 Å². The maximum absolute atomic E-state index is 13.4. The summed E-state index contributed by atoms with van der Waals surface area (Å²) in [5.41, 5.74) is 2.04. The van der Waals surface area contributed by atoms with Gasteiger partial charge in [-0.25, -0.2) is 4.39 Å². The van der Waals surface area contributed by atoms with Gasteiger partial charge in [0, 0.05) is 0 Å². The molecule has 1 unspecified atom stereocenters. The lowest BCUT2D eigenvalue weighted by Gasteiger charge is -2.25. The zero-order valence-corrected chi connectivity index (χ0v) is 10.9. The fraction of sp³-hybridized carbons (Fsp3) is 0.250. The van der Waals surface area contributed by atoms with Crippen molar-refractivity contribution >= 4 is 0 Å². The lowest BCUT2D eigenvalue weighted by molar-refractivity contribution is 0.102. The molecule has 2 heteroatoms. The summed E-state index contributed by atoms with van der Waals surface area (Å²) in [6, 6.07) is 12.3. The van der Waals surface area contributed by atoms with Gasteiger partial charge in [0.1, 0.15) is 11.4 Å². The van der Waals surface area contributed by atoms with Crippen LogP contribution in [0.15, 0.2) is 42.5 Å². The topological polar surface area (TPSA) is 20.2 Å². The largest absolute Gasteiger partial charge is 0.381 e. The van der Waals surface area contributed by atoms with Crippen molar-refractivity contribution in [2.24, 2.45) is 0 Å². The summed E-state index contributed by atoms with van der Waals surface area (Å²) < 4.78 is 13.4. The van der Waals surface area contributed by atoms with E-state index in [0.29, 0.717) is 5.56 Å². The van der Waals surface area contributed by atoms with Crippen LogP contribution in [0.2, 0.25) is 0 Å². The Labute approximate surface area is 107 Å². The van der Waals surface area contributed by atoms with Gasteiger partial charge in [0.25, 0.3) is 0 Å². The molecule has 1 N–H and O–H groups in total. The highest BCUT2D eigenvalue weighted by Crippen LogP contribution is 2.30. The molecule has 0 aliphatic carbocycles. The Balaban J connectivity index is 2.53. The van der Waals surface area contributed by atoms with Crippen molar-refractivity contribution in [3.8, 4) is 0 Å². The predicted molar refractivity (Wildman–Crippen MR) is 71.0 cm³/mol. The molecule has 0 aromatic heterocycles. The minimum Gasteiger partial charge on any atom is -0.381 e. The van der Waals surface area contributed by atoms with E-state index in [1.165, 1.54) is 12.1 Å². The second-order valence-corrected chi connectivity index (χ2v) is 4.96. The maximum Gasteiger partial charge on any atom is 0.123 e. The first-order chi connectivity index (χ1) is 8.39. The summed E-state index contributed by atoms with van der Waals surface area (Å²) in [4.78, 5) is 0. The highest BCUT2D eigenvalue weighted by molar-refractivity contribution is 5.38. The second-order valence-electron chi connectivity index (χ2n) is 4.96. The first-order valence-electron chi connectivity index (χ1n) is 5.97. The average Bonchev–Trinajstić information content (AvgIpc) is 2.27. The van der Waals surface area contributed by atoms with E-state index in [4.69, 9.17) is 0 Å². The van der Waals surface area contributed by atoms with Crippen LogP contribution in [0.25, 0.3) is 0 Å². The molecular weight excluding hydrogens is 227 g/mol. The molecule has 2 rings (SSSR count). The van der Waals surface area contributed by atoms with Gasteiger partial charge in [-0.3, -0.25) is 0 Å². The van der Waals surface area contributed by atoms with Crippen molar-refractivity contribution in [3.05, 3.63) is 70.5 Å². The third-order valence-electron chi connectivity index (χ3n) is 3.18. The van der Waals surface area contributed by atoms with E-state index in [1.807, 2.05) is 44.2 Å². The first-order valence-corrected chi connectivity index (χ1v) is 5.97. The molecule has 18 heavy (non-hydrogen) atoms. The van der Waals surface area contributed by atoms with Gasteiger partial charge < -0.3 is 5.11 Å². The molecule has 1 atom stereocenters. The van der Waals surface area contributed by atoms with E-state index in [2.05, 4.69) is 0 Å². The SMILES string of the molecule is Cc1cccc(C(C)(O)c2cc(C)cc(F)c2)c1. The quantitative estimate of drug-likeness (QED) is 0.854. The summed E-state index contributed by atoms with van der Waals surface area (Å²) in [6.07, 6.45) is 0. The first kappa shape index (κ1) is 12.8. The van der Waals surface area contributed by atoms with Crippen molar-refractivity contribution in [1.29, 1.82) is 0 Å². The summed E-state index contributed by atoms with van der Waals surface area (Å²) in [6.45, 7) is 5.48. The Bertz CT molecular complexity index is 553. The van der Waals surface area contributed by atoms with Crippen LogP contribution in [-0.2, 0) is 5.60 Å². The molecule has 0 saturated heterocycles. The molecule has 0 radical (unpaired) electrons. The fourth-order valence-electron chi connectivity index (χ4n) is 2.13. The Morgan fingerprint density at radius 3 is 2.22 bits per heavy atom. The molecule has 0 amide bonds. The lowest BCUT2D eigenvalue weighted by Crippen LogP contribution is -2.23. The fourth-order valence-corrected chi connectivity index (χ4v) is 2.13. The van der Waals surface area contributed by atoms with Crippen LogP contribution in [0.1, 0.15) is 29.2 Å². The van der Waals surface area contributed by atoms with E-state index in [-0.39, 0.29) is 5.82 Å². The molecule has 0 aliphatic heterocycles. The van der Waals surface area contributed by atoms with Crippen LogP contribution < -0.4 is 0 Å². The molecule has 0 spiro atoms. The molecule has 2 aromatic carbocycles. The minimum absolute atomic E-state index is 0.321. The second kappa shape index (κ2) is 4.54. The Hall–Kier alpha value is -1.67. The number of halogens is 1. The van der Waals surface area contributed by atoms with Crippen LogP contribution >= 0.6 is 0 Å². The monoisotopic (exact) mass is 244 g/mol.